The number of ether oxygens (including phenoxy) is 1. The number of esters is 1. The predicted octanol–water partition coefficient (Wildman–Crippen LogP) is 4.22. The zero-order valence-corrected chi connectivity index (χ0v) is 13.4. The van der Waals surface area contributed by atoms with E-state index in [1.54, 1.807) is 19.1 Å². The van der Waals surface area contributed by atoms with Gasteiger partial charge in [0.25, 0.3) is 0 Å². The van der Waals surface area contributed by atoms with E-state index in [9.17, 15) is 4.79 Å². The van der Waals surface area contributed by atoms with Crippen LogP contribution in [0.4, 0.5) is 11.4 Å². The number of hydrogen-bond donors (Lipinski definition) is 2. The molecule has 0 aromatic heterocycles. The first-order valence-electron chi connectivity index (χ1n) is 7.91. The molecule has 1 rings (SSSR count). The summed E-state index contributed by atoms with van der Waals surface area (Å²) in [5.41, 5.74) is 7.97. The molecular weight excluding hydrogens is 264 g/mol. The van der Waals surface area contributed by atoms with Crippen molar-refractivity contribution in [3.8, 4) is 0 Å². The summed E-state index contributed by atoms with van der Waals surface area (Å²) in [7, 11) is 0. The Morgan fingerprint density at radius 3 is 2.67 bits per heavy atom. The smallest absolute Gasteiger partial charge is 0.338 e. The third-order valence-electron chi connectivity index (χ3n) is 3.46. The monoisotopic (exact) mass is 292 g/mol. The Balaban J connectivity index is 2.54. The average molecular weight is 292 g/mol. The van der Waals surface area contributed by atoms with E-state index in [0.29, 0.717) is 23.9 Å². The Bertz CT molecular complexity index is 446. The van der Waals surface area contributed by atoms with Crippen LogP contribution in [0.3, 0.4) is 0 Å². The lowest BCUT2D eigenvalue weighted by Gasteiger charge is -2.17. The SMILES string of the molecule is CCCCCCC(C)Nc1ccc(C(=O)OCC)cc1N. The van der Waals surface area contributed by atoms with Crippen LogP contribution in [0.25, 0.3) is 0 Å². The number of benzene rings is 1. The fourth-order valence-corrected chi connectivity index (χ4v) is 2.25. The van der Waals surface area contributed by atoms with E-state index in [-0.39, 0.29) is 5.97 Å². The summed E-state index contributed by atoms with van der Waals surface area (Å²) in [6.45, 7) is 6.53. The van der Waals surface area contributed by atoms with E-state index >= 15 is 0 Å². The highest BCUT2D eigenvalue weighted by Gasteiger charge is 2.10. The third kappa shape index (κ3) is 6.06. The summed E-state index contributed by atoms with van der Waals surface area (Å²) in [6.07, 6.45) is 6.18. The minimum Gasteiger partial charge on any atom is -0.462 e. The second-order valence-corrected chi connectivity index (χ2v) is 5.42. The Kier molecular flexibility index (Phi) is 7.65. The zero-order valence-electron chi connectivity index (χ0n) is 13.4. The van der Waals surface area contributed by atoms with Crippen molar-refractivity contribution >= 4 is 17.3 Å². The molecule has 0 amide bonds. The van der Waals surface area contributed by atoms with E-state index in [4.69, 9.17) is 10.5 Å². The van der Waals surface area contributed by atoms with Gasteiger partial charge in [0, 0.05) is 6.04 Å². The minimum absolute atomic E-state index is 0.330. The number of nitrogens with two attached hydrogens (primary N) is 1. The van der Waals surface area contributed by atoms with Gasteiger partial charge in [0.2, 0.25) is 0 Å². The number of unbranched alkanes of at least 4 members (excludes halogenated alkanes) is 3. The van der Waals surface area contributed by atoms with E-state index in [0.717, 1.165) is 12.1 Å². The molecule has 4 heteroatoms. The van der Waals surface area contributed by atoms with Gasteiger partial charge in [-0.15, -0.1) is 0 Å². The Morgan fingerprint density at radius 1 is 1.29 bits per heavy atom. The standard InChI is InChI=1S/C17H28N2O2/c1-4-6-7-8-9-13(3)19-16-11-10-14(12-15(16)18)17(20)21-5-2/h10-13,19H,4-9,18H2,1-3H3. The number of rotatable bonds is 9. The summed E-state index contributed by atoms with van der Waals surface area (Å²) in [6, 6.07) is 5.65. The van der Waals surface area contributed by atoms with Gasteiger partial charge in [-0.05, 0) is 38.5 Å². The molecular formula is C17H28N2O2. The highest BCUT2D eigenvalue weighted by atomic mass is 16.5. The van der Waals surface area contributed by atoms with Crippen molar-refractivity contribution in [2.24, 2.45) is 0 Å². The van der Waals surface area contributed by atoms with Crippen LogP contribution >= 0.6 is 0 Å². The summed E-state index contributed by atoms with van der Waals surface area (Å²) in [5, 5.41) is 3.41. The molecule has 0 aliphatic carbocycles. The van der Waals surface area contributed by atoms with Crippen molar-refractivity contribution in [1.29, 1.82) is 0 Å². The average Bonchev–Trinajstić information content (AvgIpc) is 2.46. The largest absolute Gasteiger partial charge is 0.462 e. The van der Waals surface area contributed by atoms with Crippen LogP contribution in [-0.4, -0.2) is 18.6 Å². The molecule has 1 aromatic rings. The molecule has 21 heavy (non-hydrogen) atoms. The van der Waals surface area contributed by atoms with Crippen LogP contribution in [0.2, 0.25) is 0 Å². The molecule has 0 heterocycles. The molecule has 0 aliphatic rings. The number of hydrogen-bond acceptors (Lipinski definition) is 4. The van der Waals surface area contributed by atoms with E-state index in [1.165, 1.54) is 25.7 Å². The van der Waals surface area contributed by atoms with Gasteiger partial charge in [-0.2, -0.15) is 0 Å². The first kappa shape index (κ1) is 17.3. The van der Waals surface area contributed by atoms with Gasteiger partial charge in [-0.25, -0.2) is 4.79 Å². The van der Waals surface area contributed by atoms with Crippen molar-refractivity contribution in [2.75, 3.05) is 17.7 Å². The normalized spacial score (nSPS) is 12.0. The van der Waals surface area contributed by atoms with Gasteiger partial charge >= 0.3 is 5.97 Å². The maximum absolute atomic E-state index is 11.6. The number of anilines is 2. The molecule has 0 aliphatic heterocycles. The van der Waals surface area contributed by atoms with Gasteiger partial charge in [-0.1, -0.05) is 32.6 Å². The molecule has 118 valence electrons. The third-order valence-corrected chi connectivity index (χ3v) is 3.46. The lowest BCUT2D eigenvalue weighted by molar-refractivity contribution is 0.0526. The van der Waals surface area contributed by atoms with E-state index < -0.39 is 0 Å². The zero-order chi connectivity index (χ0) is 15.7. The molecule has 1 atom stereocenters. The maximum Gasteiger partial charge on any atom is 0.338 e. The predicted molar refractivity (Wildman–Crippen MR) is 88.7 cm³/mol. The van der Waals surface area contributed by atoms with E-state index in [1.807, 2.05) is 6.07 Å². The molecule has 1 unspecified atom stereocenters. The van der Waals surface area contributed by atoms with Crippen LogP contribution < -0.4 is 11.1 Å². The van der Waals surface area contributed by atoms with Gasteiger partial charge in [0.15, 0.2) is 0 Å². The molecule has 1 aromatic carbocycles. The van der Waals surface area contributed by atoms with Crippen LogP contribution in [0.15, 0.2) is 18.2 Å². The van der Waals surface area contributed by atoms with Crippen molar-refractivity contribution < 1.29 is 9.53 Å². The highest BCUT2D eigenvalue weighted by Crippen LogP contribution is 2.22. The van der Waals surface area contributed by atoms with Gasteiger partial charge in [0.05, 0.1) is 23.5 Å². The number of carbonyl (C=O) groups is 1. The van der Waals surface area contributed by atoms with Gasteiger partial charge in [0.1, 0.15) is 0 Å². The first-order chi connectivity index (χ1) is 10.1. The van der Waals surface area contributed by atoms with Gasteiger partial charge < -0.3 is 15.8 Å². The van der Waals surface area contributed by atoms with Crippen LogP contribution in [-0.2, 0) is 4.74 Å². The molecule has 0 radical (unpaired) electrons. The molecule has 0 spiro atoms. The molecule has 0 saturated heterocycles. The summed E-state index contributed by atoms with van der Waals surface area (Å²) in [4.78, 5) is 11.6. The lowest BCUT2D eigenvalue weighted by atomic mass is 10.1. The highest BCUT2D eigenvalue weighted by molar-refractivity contribution is 5.91. The topological polar surface area (TPSA) is 64.3 Å². The second kappa shape index (κ2) is 9.27. The fourth-order valence-electron chi connectivity index (χ4n) is 2.25. The molecule has 0 saturated carbocycles. The van der Waals surface area contributed by atoms with E-state index in [2.05, 4.69) is 19.2 Å². The van der Waals surface area contributed by atoms with Crippen LogP contribution in [0, 0.1) is 0 Å². The lowest BCUT2D eigenvalue weighted by Crippen LogP contribution is -2.16. The van der Waals surface area contributed by atoms with Crippen molar-refractivity contribution in [3.05, 3.63) is 23.8 Å². The Morgan fingerprint density at radius 2 is 2.05 bits per heavy atom. The molecule has 0 bridgehead atoms. The summed E-state index contributed by atoms with van der Waals surface area (Å²) < 4.78 is 4.97. The fraction of sp³-hybridized carbons (Fsp3) is 0.588. The van der Waals surface area contributed by atoms with Crippen molar-refractivity contribution in [3.63, 3.8) is 0 Å². The molecule has 0 fully saturated rings. The molecule has 3 N–H and O–H groups in total. The maximum atomic E-state index is 11.6. The van der Waals surface area contributed by atoms with Gasteiger partial charge in [-0.3, -0.25) is 0 Å². The number of nitrogens with one attached hydrogen (secondary N) is 1. The van der Waals surface area contributed by atoms with Crippen molar-refractivity contribution in [2.45, 2.75) is 58.9 Å². The number of nitrogen functional groups attached to an aromatic ring is 1. The summed E-state index contributed by atoms with van der Waals surface area (Å²) >= 11 is 0. The Hall–Kier alpha value is -1.71. The second-order valence-electron chi connectivity index (χ2n) is 5.42. The Labute approximate surface area is 128 Å². The minimum atomic E-state index is -0.330. The summed E-state index contributed by atoms with van der Waals surface area (Å²) in [5.74, 6) is -0.330. The number of carbonyl (C=O) groups excluding carboxylic acids is 1. The van der Waals surface area contributed by atoms with Crippen molar-refractivity contribution in [1.82, 2.24) is 0 Å². The quantitative estimate of drug-likeness (QED) is 0.406. The van der Waals surface area contributed by atoms with Crippen LogP contribution in [0.5, 0.6) is 0 Å². The first-order valence-corrected chi connectivity index (χ1v) is 7.91. The van der Waals surface area contributed by atoms with Crippen LogP contribution in [0.1, 0.15) is 63.2 Å². The molecule has 4 nitrogen and oxygen atoms in total.